The summed E-state index contributed by atoms with van der Waals surface area (Å²) in [4.78, 5) is 23.7. The van der Waals surface area contributed by atoms with Gasteiger partial charge in [0.2, 0.25) is 0 Å². The second-order valence-corrected chi connectivity index (χ2v) is 8.32. The standard InChI is InChI=1S/C18H27NO5S/c1-4-7-12-25(23,24)15-10-8-14(9-11-15)17(22)19-18(5-2,6-3)13-16(20)21/h8-11H,4-7,12-13H2,1-3H3,(H,19,22)(H,20,21). The zero-order valence-corrected chi connectivity index (χ0v) is 15.9. The molecule has 0 aromatic heterocycles. The number of hydrogen-bond donors (Lipinski definition) is 2. The highest BCUT2D eigenvalue weighted by molar-refractivity contribution is 7.91. The maximum Gasteiger partial charge on any atom is 0.305 e. The van der Waals surface area contributed by atoms with Crippen LogP contribution in [0, 0.1) is 0 Å². The van der Waals surface area contributed by atoms with Crippen LogP contribution in [0.4, 0.5) is 0 Å². The molecule has 0 heterocycles. The third kappa shape index (κ3) is 5.85. The average Bonchev–Trinajstić information content (AvgIpc) is 2.59. The molecule has 0 aliphatic heterocycles. The minimum absolute atomic E-state index is 0.0857. The number of hydrogen-bond acceptors (Lipinski definition) is 4. The lowest BCUT2D eigenvalue weighted by Gasteiger charge is -2.31. The third-order valence-electron chi connectivity index (χ3n) is 4.46. The molecule has 0 aliphatic rings. The monoisotopic (exact) mass is 369 g/mol. The molecule has 1 rings (SSSR count). The maximum absolute atomic E-state index is 12.4. The zero-order chi connectivity index (χ0) is 19.1. The molecule has 0 unspecified atom stereocenters. The van der Waals surface area contributed by atoms with Crippen LogP contribution in [0.25, 0.3) is 0 Å². The summed E-state index contributed by atoms with van der Waals surface area (Å²) in [6.07, 6.45) is 2.21. The van der Waals surface area contributed by atoms with Gasteiger partial charge in [0.25, 0.3) is 5.91 Å². The third-order valence-corrected chi connectivity index (χ3v) is 6.28. The highest BCUT2D eigenvalue weighted by Crippen LogP contribution is 2.21. The summed E-state index contributed by atoms with van der Waals surface area (Å²) in [5, 5.41) is 11.9. The molecule has 25 heavy (non-hydrogen) atoms. The van der Waals surface area contributed by atoms with Crippen molar-refractivity contribution in [2.75, 3.05) is 5.75 Å². The van der Waals surface area contributed by atoms with Gasteiger partial charge in [0.1, 0.15) is 0 Å². The van der Waals surface area contributed by atoms with Gasteiger partial charge in [-0.3, -0.25) is 9.59 Å². The first kappa shape index (κ1) is 21.2. The molecular formula is C18H27NO5S. The highest BCUT2D eigenvalue weighted by atomic mass is 32.2. The number of rotatable bonds is 10. The number of carbonyl (C=O) groups excluding carboxylic acids is 1. The molecule has 0 saturated heterocycles. The molecule has 2 N–H and O–H groups in total. The van der Waals surface area contributed by atoms with Crippen LogP contribution < -0.4 is 5.32 Å². The van der Waals surface area contributed by atoms with Gasteiger partial charge in [-0.15, -0.1) is 0 Å². The zero-order valence-electron chi connectivity index (χ0n) is 15.0. The minimum atomic E-state index is -3.33. The molecule has 0 fully saturated rings. The average molecular weight is 369 g/mol. The van der Waals surface area contributed by atoms with Crippen molar-refractivity contribution in [1.29, 1.82) is 0 Å². The Labute approximate surface area is 149 Å². The molecular weight excluding hydrogens is 342 g/mol. The molecule has 0 aliphatic carbocycles. The first-order valence-corrected chi connectivity index (χ1v) is 10.2. The molecule has 0 atom stereocenters. The molecule has 0 saturated carbocycles. The molecule has 140 valence electrons. The summed E-state index contributed by atoms with van der Waals surface area (Å²) in [7, 11) is -3.33. The molecule has 0 bridgehead atoms. The van der Waals surface area contributed by atoms with Gasteiger partial charge in [0.15, 0.2) is 9.84 Å². The van der Waals surface area contributed by atoms with Crippen molar-refractivity contribution in [2.45, 2.75) is 63.3 Å². The first-order valence-electron chi connectivity index (χ1n) is 8.56. The number of benzene rings is 1. The van der Waals surface area contributed by atoms with E-state index >= 15 is 0 Å². The number of nitrogens with one attached hydrogen (secondary N) is 1. The fourth-order valence-corrected chi connectivity index (χ4v) is 4.04. The summed E-state index contributed by atoms with van der Waals surface area (Å²) in [6.45, 7) is 5.58. The van der Waals surface area contributed by atoms with Crippen molar-refractivity contribution in [3.63, 3.8) is 0 Å². The van der Waals surface area contributed by atoms with E-state index in [4.69, 9.17) is 5.11 Å². The smallest absolute Gasteiger partial charge is 0.305 e. The quantitative estimate of drug-likeness (QED) is 0.660. The van der Waals surface area contributed by atoms with Crippen molar-refractivity contribution >= 4 is 21.7 Å². The van der Waals surface area contributed by atoms with Crippen LogP contribution in [-0.2, 0) is 14.6 Å². The normalized spacial score (nSPS) is 12.0. The highest BCUT2D eigenvalue weighted by Gasteiger charge is 2.31. The van der Waals surface area contributed by atoms with Crippen LogP contribution in [0.2, 0.25) is 0 Å². The van der Waals surface area contributed by atoms with Crippen molar-refractivity contribution in [3.8, 4) is 0 Å². The van der Waals surface area contributed by atoms with Gasteiger partial charge >= 0.3 is 5.97 Å². The second-order valence-electron chi connectivity index (χ2n) is 6.21. The lowest BCUT2D eigenvalue weighted by atomic mass is 9.88. The Hall–Kier alpha value is -1.89. The second kappa shape index (κ2) is 8.99. The van der Waals surface area contributed by atoms with E-state index in [-0.39, 0.29) is 17.1 Å². The Morgan fingerprint density at radius 1 is 1.08 bits per heavy atom. The lowest BCUT2D eigenvalue weighted by Crippen LogP contribution is -2.49. The van der Waals surface area contributed by atoms with Gasteiger partial charge in [-0.2, -0.15) is 0 Å². The van der Waals surface area contributed by atoms with Crippen molar-refractivity contribution in [2.24, 2.45) is 0 Å². The van der Waals surface area contributed by atoms with Crippen LogP contribution in [0.1, 0.15) is 63.2 Å². The lowest BCUT2D eigenvalue weighted by molar-refractivity contribution is -0.138. The van der Waals surface area contributed by atoms with E-state index in [1.54, 1.807) is 0 Å². The van der Waals surface area contributed by atoms with Crippen LogP contribution in [-0.4, -0.2) is 36.7 Å². The Balaban J connectivity index is 2.94. The van der Waals surface area contributed by atoms with Crippen LogP contribution in [0.3, 0.4) is 0 Å². The molecule has 0 spiro atoms. The van der Waals surface area contributed by atoms with Crippen LogP contribution >= 0.6 is 0 Å². The summed E-state index contributed by atoms with van der Waals surface area (Å²) in [5.74, 6) is -1.29. The topological polar surface area (TPSA) is 101 Å². The predicted molar refractivity (Wildman–Crippen MR) is 96.4 cm³/mol. The minimum Gasteiger partial charge on any atom is -0.481 e. The SMILES string of the molecule is CCCCS(=O)(=O)c1ccc(C(=O)NC(CC)(CC)CC(=O)O)cc1. The van der Waals surface area contributed by atoms with E-state index < -0.39 is 27.3 Å². The van der Waals surface area contributed by atoms with Crippen molar-refractivity contribution in [3.05, 3.63) is 29.8 Å². The van der Waals surface area contributed by atoms with Gasteiger partial charge in [-0.1, -0.05) is 27.2 Å². The molecule has 1 aromatic carbocycles. The van der Waals surface area contributed by atoms with Gasteiger partial charge in [-0.05, 0) is 43.5 Å². The maximum atomic E-state index is 12.4. The van der Waals surface area contributed by atoms with Gasteiger partial charge in [-0.25, -0.2) is 8.42 Å². The van der Waals surface area contributed by atoms with E-state index in [2.05, 4.69) is 5.32 Å². The number of unbranched alkanes of at least 4 members (excludes halogenated alkanes) is 1. The van der Waals surface area contributed by atoms with E-state index in [9.17, 15) is 18.0 Å². The van der Waals surface area contributed by atoms with E-state index in [1.165, 1.54) is 24.3 Å². The molecule has 7 heteroatoms. The Bertz CT molecular complexity index is 691. The van der Waals surface area contributed by atoms with Crippen molar-refractivity contribution < 1.29 is 23.1 Å². The van der Waals surface area contributed by atoms with E-state index in [1.807, 2.05) is 20.8 Å². The van der Waals surface area contributed by atoms with Crippen LogP contribution in [0.15, 0.2) is 29.2 Å². The number of carboxylic acid groups (broad SMARTS) is 1. The number of sulfone groups is 1. The van der Waals surface area contributed by atoms with Crippen LogP contribution in [0.5, 0.6) is 0 Å². The van der Waals surface area contributed by atoms with E-state index in [0.29, 0.717) is 24.8 Å². The summed E-state index contributed by atoms with van der Waals surface area (Å²) < 4.78 is 24.3. The summed E-state index contributed by atoms with van der Waals surface area (Å²) >= 11 is 0. The Morgan fingerprint density at radius 2 is 1.64 bits per heavy atom. The summed E-state index contributed by atoms with van der Waals surface area (Å²) in [6, 6.07) is 5.78. The first-order chi connectivity index (χ1) is 11.7. The molecule has 1 aromatic rings. The Morgan fingerprint density at radius 3 is 2.08 bits per heavy atom. The largest absolute Gasteiger partial charge is 0.481 e. The number of aliphatic carboxylic acids is 1. The predicted octanol–water partition coefficient (Wildman–Crippen LogP) is 3.02. The summed E-state index contributed by atoms with van der Waals surface area (Å²) in [5.41, 5.74) is -0.500. The molecule has 1 amide bonds. The number of carbonyl (C=O) groups is 2. The van der Waals surface area contributed by atoms with Gasteiger partial charge in [0, 0.05) is 5.56 Å². The molecule has 0 radical (unpaired) electrons. The van der Waals surface area contributed by atoms with E-state index in [0.717, 1.165) is 6.42 Å². The fraction of sp³-hybridized carbons (Fsp3) is 0.556. The van der Waals surface area contributed by atoms with Gasteiger partial charge < -0.3 is 10.4 Å². The number of amides is 1. The van der Waals surface area contributed by atoms with Gasteiger partial charge in [0.05, 0.1) is 22.6 Å². The molecule has 6 nitrogen and oxygen atoms in total. The number of carboxylic acids is 1. The Kier molecular flexibility index (Phi) is 7.60. The van der Waals surface area contributed by atoms with Crippen molar-refractivity contribution in [1.82, 2.24) is 5.32 Å². The fourth-order valence-electron chi connectivity index (χ4n) is 2.59.